The summed E-state index contributed by atoms with van der Waals surface area (Å²) in [5.41, 5.74) is 2.18. The molecule has 0 aromatic heterocycles. The molecule has 1 aliphatic heterocycles. The van der Waals surface area contributed by atoms with Crippen molar-refractivity contribution >= 4 is 11.8 Å². The number of benzene rings is 2. The van der Waals surface area contributed by atoms with Crippen molar-refractivity contribution in [2.24, 2.45) is 5.92 Å². The minimum absolute atomic E-state index is 0.0150. The first-order valence-corrected chi connectivity index (χ1v) is 10.3. The van der Waals surface area contributed by atoms with E-state index in [1.807, 2.05) is 74.5 Å². The van der Waals surface area contributed by atoms with Gasteiger partial charge in [-0.3, -0.25) is 9.59 Å². The average Bonchev–Trinajstić information content (AvgIpc) is 2.77. The van der Waals surface area contributed by atoms with Gasteiger partial charge in [0.2, 0.25) is 11.8 Å². The molecule has 2 amide bonds. The molecule has 0 bridgehead atoms. The van der Waals surface area contributed by atoms with E-state index in [2.05, 4.69) is 5.32 Å². The quantitative estimate of drug-likeness (QED) is 0.785. The number of morpholine rings is 1. The first-order chi connectivity index (χ1) is 14.1. The van der Waals surface area contributed by atoms with Gasteiger partial charge in [0, 0.05) is 25.4 Å². The molecule has 0 saturated carbocycles. The number of nitrogens with one attached hydrogen (secondary N) is 1. The summed E-state index contributed by atoms with van der Waals surface area (Å²) in [7, 11) is 0. The maximum atomic E-state index is 13.0. The normalized spacial score (nSPS) is 15.4. The van der Waals surface area contributed by atoms with Crippen LogP contribution < -0.4 is 5.32 Å². The molecule has 5 heteroatoms. The highest BCUT2D eigenvalue weighted by Crippen LogP contribution is 2.28. The van der Waals surface area contributed by atoms with Crippen LogP contribution in [0, 0.1) is 5.92 Å². The van der Waals surface area contributed by atoms with Crippen molar-refractivity contribution in [2.75, 3.05) is 26.3 Å². The van der Waals surface area contributed by atoms with Gasteiger partial charge in [-0.15, -0.1) is 0 Å². The lowest BCUT2D eigenvalue weighted by molar-refractivity contribution is -0.141. The van der Waals surface area contributed by atoms with Crippen LogP contribution in [-0.2, 0) is 14.3 Å². The lowest BCUT2D eigenvalue weighted by Gasteiger charge is -2.32. The van der Waals surface area contributed by atoms with E-state index in [-0.39, 0.29) is 23.7 Å². The molecule has 3 rings (SSSR count). The van der Waals surface area contributed by atoms with Gasteiger partial charge in [0.1, 0.15) is 6.04 Å². The molecule has 29 heavy (non-hydrogen) atoms. The van der Waals surface area contributed by atoms with E-state index in [1.165, 1.54) is 0 Å². The summed E-state index contributed by atoms with van der Waals surface area (Å²) >= 11 is 0. The molecule has 2 aromatic carbocycles. The zero-order valence-electron chi connectivity index (χ0n) is 17.2. The van der Waals surface area contributed by atoms with Crippen molar-refractivity contribution in [1.82, 2.24) is 10.2 Å². The number of hydrogen-bond acceptors (Lipinski definition) is 3. The summed E-state index contributed by atoms with van der Waals surface area (Å²) in [6.07, 6.45) is 0.299. The maximum absolute atomic E-state index is 13.0. The second kappa shape index (κ2) is 10.2. The smallest absolute Gasteiger partial charge is 0.245 e. The van der Waals surface area contributed by atoms with E-state index in [0.717, 1.165) is 11.1 Å². The van der Waals surface area contributed by atoms with Gasteiger partial charge in [0.05, 0.1) is 13.2 Å². The topological polar surface area (TPSA) is 58.6 Å². The van der Waals surface area contributed by atoms with E-state index in [4.69, 9.17) is 4.74 Å². The van der Waals surface area contributed by atoms with Gasteiger partial charge in [-0.25, -0.2) is 0 Å². The number of ether oxygens (including phenoxy) is 1. The summed E-state index contributed by atoms with van der Waals surface area (Å²) in [5, 5.41) is 3.01. The van der Waals surface area contributed by atoms with Gasteiger partial charge >= 0.3 is 0 Å². The summed E-state index contributed by atoms with van der Waals surface area (Å²) in [6.45, 7) is 6.19. The van der Waals surface area contributed by atoms with Crippen molar-refractivity contribution in [3.63, 3.8) is 0 Å². The average molecular weight is 395 g/mol. The van der Waals surface area contributed by atoms with Crippen LogP contribution in [0.2, 0.25) is 0 Å². The molecule has 0 unspecified atom stereocenters. The molecule has 5 nitrogen and oxygen atoms in total. The van der Waals surface area contributed by atoms with E-state index < -0.39 is 6.04 Å². The predicted molar refractivity (Wildman–Crippen MR) is 114 cm³/mol. The molecule has 1 heterocycles. The van der Waals surface area contributed by atoms with E-state index in [9.17, 15) is 9.59 Å². The Kier molecular flexibility index (Phi) is 7.42. The Morgan fingerprint density at radius 2 is 1.45 bits per heavy atom. The van der Waals surface area contributed by atoms with Crippen LogP contribution in [0.4, 0.5) is 0 Å². The third kappa shape index (κ3) is 5.67. The summed E-state index contributed by atoms with van der Waals surface area (Å²) in [6, 6.07) is 19.6. The van der Waals surface area contributed by atoms with Gasteiger partial charge in [-0.05, 0) is 17.0 Å². The highest BCUT2D eigenvalue weighted by Gasteiger charge is 2.30. The fourth-order valence-electron chi connectivity index (χ4n) is 3.71. The molecule has 1 N–H and O–H groups in total. The first-order valence-electron chi connectivity index (χ1n) is 10.3. The Balaban J connectivity index is 1.73. The van der Waals surface area contributed by atoms with Gasteiger partial charge in [-0.1, -0.05) is 74.5 Å². The minimum Gasteiger partial charge on any atom is -0.378 e. The molecule has 0 aliphatic carbocycles. The number of nitrogens with zero attached hydrogens (tertiary/aromatic N) is 1. The maximum Gasteiger partial charge on any atom is 0.245 e. The van der Waals surface area contributed by atoms with Crippen LogP contribution in [0.5, 0.6) is 0 Å². The van der Waals surface area contributed by atoms with Crippen molar-refractivity contribution in [2.45, 2.75) is 32.2 Å². The highest BCUT2D eigenvalue weighted by atomic mass is 16.5. The van der Waals surface area contributed by atoms with E-state index in [0.29, 0.717) is 32.7 Å². The number of hydrogen-bond donors (Lipinski definition) is 1. The molecule has 154 valence electrons. The number of rotatable bonds is 7. The van der Waals surface area contributed by atoms with Crippen LogP contribution in [0.15, 0.2) is 60.7 Å². The largest absolute Gasteiger partial charge is 0.378 e. The van der Waals surface area contributed by atoms with E-state index >= 15 is 0 Å². The van der Waals surface area contributed by atoms with Crippen molar-refractivity contribution < 1.29 is 14.3 Å². The Labute approximate surface area is 173 Å². The number of amides is 2. The molecule has 1 fully saturated rings. The Bertz CT molecular complexity index is 747. The van der Waals surface area contributed by atoms with Gasteiger partial charge in [-0.2, -0.15) is 0 Å². The third-order valence-electron chi connectivity index (χ3n) is 5.37. The molecule has 1 saturated heterocycles. The van der Waals surface area contributed by atoms with Crippen LogP contribution in [0.3, 0.4) is 0 Å². The fraction of sp³-hybridized carbons (Fsp3) is 0.417. The molecular weight excluding hydrogens is 364 g/mol. The Morgan fingerprint density at radius 3 is 1.93 bits per heavy atom. The zero-order valence-corrected chi connectivity index (χ0v) is 17.2. The summed E-state index contributed by atoms with van der Waals surface area (Å²) in [4.78, 5) is 27.7. The van der Waals surface area contributed by atoms with Crippen LogP contribution in [0.25, 0.3) is 0 Å². The van der Waals surface area contributed by atoms with Gasteiger partial charge < -0.3 is 15.0 Å². The molecular formula is C24H30N2O3. The minimum atomic E-state index is -0.521. The Morgan fingerprint density at radius 1 is 0.931 bits per heavy atom. The van der Waals surface area contributed by atoms with Gasteiger partial charge in [0.25, 0.3) is 0 Å². The molecule has 0 spiro atoms. The number of carbonyl (C=O) groups excluding carboxylic acids is 2. The molecule has 1 aliphatic rings. The molecule has 1 atom stereocenters. The lowest BCUT2D eigenvalue weighted by atomic mass is 9.88. The predicted octanol–water partition coefficient (Wildman–Crippen LogP) is 3.21. The Hall–Kier alpha value is -2.66. The van der Waals surface area contributed by atoms with Crippen LogP contribution in [-0.4, -0.2) is 49.1 Å². The van der Waals surface area contributed by atoms with Crippen molar-refractivity contribution in [3.8, 4) is 0 Å². The second-order valence-corrected chi connectivity index (χ2v) is 7.80. The van der Waals surface area contributed by atoms with Gasteiger partial charge in [0.15, 0.2) is 0 Å². The monoisotopic (exact) mass is 394 g/mol. The fourth-order valence-corrected chi connectivity index (χ4v) is 3.71. The zero-order chi connectivity index (χ0) is 20.6. The molecule has 2 aromatic rings. The second-order valence-electron chi connectivity index (χ2n) is 7.80. The summed E-state index contributed by atoms with van der Waals surface area (Å²) in [5.74, 6) is -0.166. The first kappa shape index (κ1) is 21.1. The SMILES string of the molecule is CC(C)[C@@H](NC(=O)CC(c1ccccc1)c1ccccc1)C(=O)N1CCOCC1. The van der Waals surface area contributed by atoms with E-state index in [1.54, 1.807) is 4.90 Å². The van der Waals surface area contributed by atoms with Crippen LogP contribution >= 0.6 is 0 Å². The van der Waals surface area contributed by atoms with Crippen LogP contribution in [0.1, 0.15) is 37.3 Å². The van der Waals surface area contributed by atoms with Crippen molar-refractivity contribution in [1.29, 1.82) is 0 Å². The lowest BCUT2D eigenvalue weighted by Crippen LogP contribution is -2.54. The molecule has 0 radical (unpaired) electrons. The van der Waals surface area contributed by atoms with Crippen molar-refractivity contribution in [3.05, 3.63) is 71.8 Å². The summed E-state index contributed by atoms with van der Waals surface area (Å²) < 4.78 is 5.34. The number of carbonyl (C=O) groups is 2. The third-order valence-corrected chi connectivity index (χ3v) is 5.37. The highest BCUT2D eigenvalue weighted by molar-refractivity contribution is 5.88. The standard InChI is InChI=1S/C24H30N2O3/c1-18(2)23(24(28)26-13-15-29-16-14-26)25-22(27)17-21(19-9-5-3-6-10-19)20-11-7-4-8-12-20/h3-12,18,21,23H,13-17H2,1-2H3,(H,25,27)/t23-/m1/s1.